The number of halogens is 1. The van der Waals surface area contributed by atoms with Crippen LogP contribution in [0.5, 0.6) is 0 Å². The summed E-state index contributed by atoms with van der Waals surface area (Å²) in [5.74, 6) is -0.558. The van der Waals surface area contributed by atoms with Crippen LogP contribution < -0.4 is 9.91 Å². The van der Waals surface area contributed by atoms with Crippen LogP contribution in [0, 0.1) is 5.92 Å². The quantitative estimate of drug-likeness (QED) is 0.203. The molecule has 260 valence electrons. The van der Waals surface area contributed by atoms with Gasteiger partial charge in [0.2, 0.25) is 5.91 Å². The Bertz CT molecular complexity index is 1950. The number of amides is 2. The topological polar surface area (TPSA) is 133 Å². The van der Waals surface area contributed by atoms with E-state index in [4.69, 9.17) is 9.84 Å². The zero-order valence-corrected chi connectivity index (χ0v) is 31.0. The van der Waals surface area contributed by atoms with E-state index >= 15 is 0 Å². The molecule has 11 nitrogen and oxygen atoms in total. The first-order valence-corrected chi connectivity index (χ1v) is 20.9. The summed E-state index contributed by atoms with van der Waals surface area (Å²) in [7, 11) is -2.85. The van der Waals surface area contributed by atoms with Crippen molar-refractivity contribution >= 4 is 53.1 Å². The summed E-state index contributed by atoms with van der Waals surface area (Å²) in [5.41, 5.74) is 4.05. The number of fused-ring (bicyclic) bond motifs is 2. The molecular weight excluding hydrogens is 716 g/mol. The monoisotopic (exact) mass is 756 g/mol. The second-order valence-electron chi connectivity index (χ2n) is 13.9. The lowest BCUT2D eigenvalue weighted by Crippen LogP contribution is -2.46. The van der Waals surface area contributed by atoms with Gasteiger partial charge < -0.3 is 19.5 Å². The molecule has 7 rings (SSSR count). The summed E-state index contributed by atoms with van der Waals surface area (Å²) in [5, 5.41) is 23.9. The smallest absolute Gasteiger partial charge is 0.264 e. The third-order valence-electron chi connectivity index (χ3n) is 10.2. The molecule has 0 saturated carbocycles. The number of aliphatic hydroxyl groups excluding tert-OH is 1. The summed E-state index contributed by atoms with van der Waals surface area (Å²) < 4.78 is 9.54. The Morgan fingerprint density at radius 2 is 1.84 bits per heavy atom. The normalized spacial score (nSPS) is 23.6. The number of aliphatic hydroxyl groups is 1. The predicted molar refractivity (Wildman–Crippen MR) is 196 cm³/mol. The SMILES string of the molecule is C[C@@H]1[C@@H]([Si](C)(C)O)[C@H](CCn2cc(CCO)nn2)O[C@@]12C(=O)N(Cc1cccc(N3N=C(c4ccccc4)CCC3=O)c1)c1ccc(Br)cc12. The van der Waals surface area contributed by atoms with Crippen LogP contribution >= 0.6 is 15.9 Å². The molecule has 3 aromatic carbocycles. The van der Waals surface area contributed by atoms with E-state index in [1.165, 1.54) is 5.01 Å². The van der Waals surface area contributed by atoms with Gasteiger partial charge in [0.25, 0.3) is 5.91 Å². The maximum atomic E-state index is 14.9. The zero-order chi connectivity index (χ0) is 35.2. The fraction of sp³-hybridized carbons (Fsp3) is 0.378. The van der Waals surface area contributed by atoms with Crippen molar-refractivity contribution in [1.29, 1.82) is 0 Å². The summed E-state index contributed by atoms with van der Waals surface area (Å²) >= 11 is 3.64. The lowest BCUT2D eigenvalue weighted by atomic mass is 9.82. The van der Waals surface area contributed by atoms with Gasteiger partial charge in [0, 0.05) is 60.1 Å². The number of benzene rings is 3. The van der Waals surface area contributed by atoms with Gasteiger partial charge in [0.05, 0.1) is 35.4 Å². The van der Waals surface area contributed by atoms with Crippen molar-refractivity contribution in [1.82, 2.24) is 15.0 Å². The molecule has 1 aromatic heterocycles. The highest BCUT2D eigenvalue weighted by Crippen LogP contribution is 2.60. The molecule has 2 amide bonds. The third kappa shape index (κ3) is 6.26. The molecule has 3 aliphatic heterocycles. The Morgan fingerprint density at radius 3 is 2.60 bits per heavy atom. The van der Waals surface area contributed by atoms with Gasteiger partial charge in [-0.05, 0) is 61.0 Å². The van der Waals surface area contributed by atoms with Crippen molar-refractivity contribution in [2.24, 2.45) is 11.0 Å². The summed E-state index contributed by atoms with van der Waals surface area (Å²) in [4.78, 5) is 41.4. The lowest BCUT2D eigenvalue weighted by Gasteiger charge is -2.32. The van der Waals surface area contributed by atoms with Crippen molar-refractivity contribution in [2.75, 3.05) is 16.5 Å². The summed E-state index contributed by atoms with van der Waals surface area (Å²) in [6, 6.07) is 23.3. The van der Waals surface area contributed by atoms with Gasteiger partial charge in [0.15, 0.2) is 13.9 Å². The summed E-state index contributed by atoms with van der Waals surface area (Å²) in [6.07, 6.45) is 3.30. The van der Waals surface area contributed by atoms with E-state index in [0.717, 1.165) is 32.6 Å². The van der Waals surface area contributed by atoms with Crippen LogP contribution in [0.15, 0.2) is 88.6 Å². The largest absolute Gasteiger partial charge is 0.432 e. The molecular formula is C37H41BrN6O5Si. The molecule has 4 aromatic rings. The van der Waals surface area contributed by atoms with E-state index in [1.54, 1.807) is 9.58 Å². The van der Waals surface area contributed by atoms with Gasteiger partial charge in [-0.2, -0.15) is 5.10 Å². The van der Waals surface area contributed by atoms with Gasteiger partial charge in [-0.25, -0.2) is 5.01 Å². The number of aryl methyl sites for hydroxylation is 1. The minimum Gasteiger partial charge on any atom is -0.432 e. The number of rotatable bonds is 10. The molecule has 3 aliphatic rings. The van der Waals surface area contributed by atoms with Crippen LogP contribution in [-0.4, -0.2) is 63.5 Å². The van der Waals surface area contributed by atoms with E-state index in [2.05, 4.69) is 26.2 Å². The Morgan fingerprint density at radius 1 is 1.04 bits per heavy atom. The average molecular weight is 758 g/mol. The van der Waals surface area contributed by atoms with Gasteiger partial charge in [-0.1, -0.05) is 70.5 Å². The van der Waals surface area contributed by atoms with Crippen molar-refractivity contribution in [3.8, 4) is 0 Å². The van der Waals surface area contributed by atoms with Crippen molar-refractivity contribution in [2.45, 2.75) is 76.0 Å². The number of hydrogen-bond acceptors (Lipinski definition) is 8. The third-order valence-corrected chi connectivity index (χ3v) is 13.2. The molecule has 2 N–H and O–H groups in total. The molecule has 0 unspecified atom stereocenters. The van der Waals surface area contributed by atoms with Crippen LogP contribution in [-0.2, 0) is 39.4 Å². The first kappa shape index (κ1) is 34.4. The molecule has 4 atom stereocenters. The molecule has 1 fully saturated rings. The van der Waals surface area contributed by atoms with Gasteiger partial charge in [0.1, 0.15) is 0 Å². The lowest BCUT2D eigenvalue weighted by molar-refractivity contribution is -0.146. The number of hydrazone groups is 1. The minimum absolute atomic E-state index is 0.00573. The fourth-order valence-electron chi connectivity index (χ4n) is 7.97. The Kier molecular flexibility index (Phi) is 9.37. The highest BCUT2D eigenvalue weighted by molar-refractivity contribution is 9.10. The van der Waals surface area contributed by atoms with Gasteiger partial charge >= 0.3 is 0 Å². The summed E-state index contributed by atoms with van der Waals surface area (Å²) in [6.45, 7) is 6.60. The molecule has 0 radical (unpaired) electrons. The van der Waals surface area contributed by atoms with Gasteiger partial charge in [-0.15, -0.1) is 5.10 Å². The van der Waals surface area contributed by atoms with Crippen LogP contribution in [0.25, 0.3) is 0 Å². The van der Waals surface area contributed by atoms with E-state index in [1.807, 2.05) is 99.0 Å². The van der Waals surface area contributed by atoms with Crippen LogP contribution in [0.2, 0.25) is 18.6 Å². The van der Waals surface area contributed by atoms with E-state index < -0.39 is 20.0 Å². The molecule has 13 heteroatoms. The number of anilines is 2. The Hall–Kier alpha value is -4.01. The molecule has 4 heterocycles. The number of aromatic nitrogens is 3. The highest BCUT2D eigenvalue weighted by Gasteiger charge is 2.66. The average Bonchev–Trinajstić information content (AvgIpc) is 3.74. The molecule has 1 spiro atoms. The zero-order valence-electron chi connectivity index (χ0n) is 28.4. The highest BCUT2D eigenvalue weighted by atomic mass is 79.9. The second kappa shape index (κ2) is 13.6. The first-order chi connectivity index (χ1) is 24.0. The molecule has 0 aliphatic carbocycles. The van der Waals surface area contributed by atoms with Crippen molar-refractivity contribution in [3.05, 3.63) is 106 Å². The van der Waals surface area contributed by atoms with Crippen LogP contribution in [0.4, 0.5) is 11.4 Å². The number of carbonyl (C=O) groups is 2. The number of hydrogen-bond donors (Lipinski definition) is 2. The first-order valence-electron chi connectivity index (χ1n) is 17.1. The Balaban J connectivity index is 1.19. The minimum atomic E-state index is -2.85. The van der Waals surface area contributed by atoms with Crippen molar-refractivity contribution in [3.63, 3.8) is 0 Å². The second-order valence-corrected chi connectivity index (χ2v) is 18.8. The fourth-order valence-corrected chi connectivity index (χ4v) is 10.9. The van der Waals surface area contributed by atoms with Crippen LogP contribution in [0.1, 0.15) is 48.6 Å². The molecule has 0 bridgehead atoms. The van der Waals surface area contributed by atoms with E-state index in [0.29, 0.717) is 43.6 Å². The molecule has 1 saturated heterocycles. The van der Waals surface area contributed by atoms with Gasteiger partial charge in [-0.3, -0.25) is 14.3 Å². The van der Waals surface area contributed by atoms with E-state index in [-0.39, 0.29) is 36.4 Å². The maximum absolute atomic E-state index is 14.9. The van der Waals surface area contributed by atoms with Crippen LogP contribution in [0.3, 0.4) is 0 Å². The number of nitrogens with zero attached hydrogens (tertiary/aromatic N) is 6. The van der Waals surface area contributed by atoms with E-state index in [9.17, 15) is 19.5 Å². The number of carbonyl (C=O) groups excluding carboxylic acids is 2. The van der Waals surface area contributed by atoms with Crippen molar-refractivity contribution < 1.29 is 24.2 Å². The molecule has 50 heavy (non-hydrogen) atoms. The number of ether oxygens (including phenoxy) is 1. The standard InChI is InChI=1S/C37H41BrN6O5Si/c1-24-35(50(2,3)48)33(16-18-42-23-28(17-19-45)39-41-42)49-37(24)30-21-27(38)12-14-32(30)43(36(37)47)22-25-8-7-11-29(20-25)44-34(46)15-13-31(40-44)26-9-5-4-6-10-26/h4-12,14,20-21,23-24,33,35,45,48H,13,15-19,22H2,1-3H3/t24-,33+,35-,37+/m1/s1. The Labute approximate surface area is 300 Å². The predicted octanol–water partition coefficient (Wildman–Crippen LogP) is 5.54. The maximum Gasteiger partial charge on any atom is 0.264 e.